The van der Waals surface area contributed by atoms with Gasteiger partial charge in [0.05, 0.1) is 27.9 Å². The zero-order valence-electron chi connectivity index (χ0n) is 15.6. The maximum absolute atomic E-state index is 12.0. The minimum atomic E-state index is -0.512. The van der Waals surface area contributed by atoms with E-state index in [4.69, 9.17) is 9.72 Å². The van der Waals surface area contributed by atoms with Crippen LogP contribution in [0.25, 0.3) is 20.8 Å². The second-order valence-electron chi connectivity index (χ2n) is 6.46. The topological polar surface area (TPSA) is 71.5 Å². The third-order valence-electron chi connectivity index (χ3n) is 4.77. The van der Waals surface area contributed by atoms with E-state index in [0.717, 1.165) is 53.0 Å². The molecule has 10 heteroatoms. The summed E-state index contributed by atoms with van der Waals surface area (Å²) in [6.07, 6.45) is 0. The molecule has 0 amide bonds. The van der Waals surface area contributed by atoms with Crippen LogP contribution in [-0.4, -0.2) is 54.2 Å². The van der Waals surface area contributed by atoms with Gasteiger partial charge in [-0.1, -0.05) is 6.07 Å². The first-order chi connectivity index (χ1) is 14.2. The van der Waals surface area contributed by atoms with Crippen molar-refractivity contribution >= 4 is 61.1 Å². The molecule has 5 rings (SSSR count). The molecule has 0 aromatic carbocycles. The highest BCUT2D eigenvalue weighted by Gasteiger charge is 2.24. The van der Waals surface area contributed by atoms with Gasteiger partial charge in [0.15, 0.2) is 10.9 Å². The third kappa shape index (κ3) is 3.47. The number of piperazine rings is 1. The van der Waals surface area contributed by atoms with Crippen molar-refractivity contribution in [3.05, 3.63) is 40.2 Å². The van der Waals surface area contributed by atoms with Crippen LogP contribution in [-0.2, 0) is 4.74 Å². The number of nitrogens with zero attached hydrogens (tertiary/aromatic N) is 5. The first-order valence-corrected chi connectivity index (χ1v) is 11.7. The first kappa shape index (κ1) is 18.5. The van der Waals surface area contributed by atoms with Crippen LogP contribution in [0, 0.1) is 0 Å². The van der Waals surface area contributed by atoms with Crippen molar-refractivity contribution in [3.63, 3.8) is 0 Å². The van der Waals surface area contributed by atoms with Crippen LogP contribution in [0.1, 0.15) is 10.6 Å². The summed E-state index contributed by atoms with van der Waals surface area (Å²) in [6, 6.07) is 6.06. The molecule has 7 nitrogen and oxygen atoms in total. The Morgan fingerprint density at radius 2 is 1.83 bits per heavy atom. The predicted octanol–water partition coefficient (Wildman–Crippen LogP) is 3.99. The van der Waals surface area contributed by atoms with E-state index in [-0.39, 0.29) is 5.82 Å². The lowest BCUT2D eigenvalue weighted by molar-refractivity contribution is 0.0587. The largest absolute Gasteiger partial charge is 0.463 e. The van der Waals surface area contributed by atoms with Gasteiger partial charge in [-0.05, 0) is 22.9 Å². The normalized spacial score (nSPS) is 14.5. The minimum absolute atomic E-state index is 0.108. The molecule has 1 saturated heterocycles. The number of hydrogen-bond donors (Lipinski definition) is 0. The Morgan fingerprint density at radius 1 is 1.00 bits per heavy atom. The molecule has 29 heavy (non-hydrogen) atoms. The third-order valence-corrected chi connectivity index (χ3v) is 7.46. The molecule has 5 heterocycles. The van der Waals surface area contributed by atoms with Crippen LogP contribution < -0.4 is 9.80 Å². The van der Waals surface area contributed by atoms with E-state index in [1.165, 1.54) is 12.0 Å². The Bertz CT molecular complexity index is 1150. The van der Waals surface area contributed by atoms with Gasteiger partial charge in [-0.3, -0.25) is 0 Å². The van der Waals surface area contributed by atoms with Crippen molar-refractivity contribution < 1.29 is 9.53 Å². The fourth-order valence-corrected chi connectivity index (χ4v) is 5.79. The van der Waals surface area contributed by atoms with E-state index in [1.807, 2.05) is 17.5 Å². The average molecular weight is 444 g/mol. The average Bonchev–Trinajstić information content (AvgIpc) is 3.53. The number of ether oxygens (including phenoxy) is 1. The molecule has 1 aliphatic heterocycles. The van der Waals surface area contributed by atoms with E-state index in [2.05, 4.69) is 36.6 Å². The van der Waals surface area contributed by atoms with Gasteiger partial charge in [0.1, 0.15) is 0 Å². The van der Waals surface area contributed by atoms with E-state index in [1.54, 1.807) is 34.0 Å². The molecule has 4 aromatic rings. The Kier molecular flexibility index (Phi) is 4.90. The molecule has 1 aliphatic rings. The quantitative estimate of drug-likeness (QED) is 0.442. The zero-order valence-corrected chi connectivity index (χ0v) is 18.0. The van der Waals surface area contributed by atoms with Crippen LogP contribution in [0.3, 0.4) is 0 Å². The Balaban J connectivity index is 1.36. The van der Waals surface area contributed by atoms with Crippen LogP contribution >= 0.6 is 34.0 Å². The van der Waals surface area contributed by atoms with Crippen LogP contribution in [0.2, 0.25) is 0 Å². The number of aromatic nitrogens is 3. The van der Waals surface area contributed by atoms with Gasteiger partial charge < -0.3 is 14.5 Å². The Labute approximate surface area is 179 Å². The molecular formula is C19H17N5O2S3. The molecule has 4 aromatic heterocycles. The van der Waals surface area contributed by atoms with Crippen molar-refractivity contribution in [2.24, 2.45) is 0 Å². The van der Waals surface area contributed by atoms with Crippen LogP contribution in [0.4, 0.5) is 10.9 Å². The molecule has 0 spiro atoms. The monoisotopic (exact) mass is 443 g/mol. The zero-order chi connectivity index (χ0) is 19.8. The number of carbonyl (C=O) groups excluding carboxylic acids is 1. The number of hydrogen-bond acceptors (Lipinski definition) is 10. The molecule has 0 radical (unpaired) electrons. The summed E-state index contributed by atoms with van der Waals surface area (Å²) in [5, 5.41) is 7.22. The van der Waals surface area contributed by atoms with Crippen molar-refractivity contribution in [3.8, 4) is 10.6 Å². The lowest BCUT2D eigenvalue weighted by Crippen LogP contribution is -2.47. The Hall–Kier alpha value is -2.56. The molecule has 0 atom stereocenters. The number of fused-ring (bicyclic) bond motifs is 1. The molecule has 148 valence electrons. The van der Waals surface area contributed by atoms with E-state index < -0.39 is 5.97 Å². The van der Waals surface area contributed by atoms with E-state index in [0.29, 0.717) is 0 Å². The van der Waals surface area contributed by atoms with E-state index in [9.17, 15) is 4.79 Å². The second kappa shape index (κ2) is 7.69. The van der Waals surface area contributed by atoms with Gasteiger partial charge in [0.25, 0.3) is 0 Å². The number of esters is 1. The molecule has 0 N–H and O–H groups in total. The van der Waals surface area contributed by atoms with Gasteiger partial charge in [0, 0.05) is 31.6 Å². The van der Waals surface area contributed by atoms with Crippen LogP contribution in [0.5, 0.6) is 0 Å². The molecule has 0 saturated carbocycles. The minimum Gasteiger partial charge on any atom is -0.463 e. The summed E-state index contributed by atoms with van der Waals surface area (Å²) >= 11 is 4.98. The lowest BCUT2D eigenvalue weighted by Gasteiger charge is -2.35. The summed E-state index contributed by atoms with van der Waals surface area (Å²) in [5.41, 5.74) is 1.82. The molecule has 0 bridgehead atoms. The highest BCUT2D eigenvalue weighted by molar-refractivity contribution is 7.17. The smallest absolute Gasteiger partial charge is 0.376 e. The predicted molar refractivity (Wildman–Crippen MR) is 119 cm³/mol. The summed E-state index contributed by atoms with van der Waals surface area (Å²) in [7, 11) is 1.35. The first-order valence-electron chi connectivity index (χ1n) is 9.06. The van der Waals surface area contributed by atoms with Crippen molar-refractivity contribution in [1.82, 2.24) is 15.0 Å². The highest BCUT2D eigenvalue weighted by atomic mass is 32.1. The fraction of sp³-hybridized carbons (Fsp3) is 0.263. The fourth-order valence-electron chi connectivity index (χ4n) is 3.30. The molecule has 0 unspecified atom stereocenters. The summed E-state index contributed by atoms with van der Waals surface area (Å²) < 4.78 is 5.82. The number of rotatable bonds is 4. The van der Waals surface area contributed by atoms with Gasteiger partial charge in [0.2, 0.25) is 5.82 Å². The standard InChI is InChI=1S/C19H17N5O2S3/c1-26-18(25)16-20-12-4-10-28-15(12)17(22-16)23-5-7-24(8-6-23)19-21-13(11-29-19)14-3-2-9-27-14/h2-4,9-11H,5-8H2,1H3. The van der Waals surface area contributed by atoms with Crippen molar-refractivity contribution in [1.29, 1.82) is 0 Å². The highest BCUT2D eigenvalue weighted by Crippen LogP contribution is 2.33. The van der Waals surface area contributed by atoms with Crippen molar-refractivity contribution in [2.75, 3.05) is 43.1 Å². The summed E-state index contributed by atoms with van der Waals surface area (Å²) in [6.45, 7) is 3.31. The van der Waals surface area contributed by atoms with E-state index >= 15 is 0 Å². The number of thiazole rings is 1. The molecule has 0 aliphatic carbocycles. The van der Waals surface area contributed by atoms with Gasteiger partial charge in [-0.15, -0.1) is 34.0 Å². The van der Waals surface area contributed by atoms with Gasteiger partial charge in [-0.2, -0.15) is 0 Å². The summed E-state index contributed by atoms with van der Waals surface area (Å²) in [5.74, 6) is 0.404. The SMILES string of the molecule is COC(=O)c1nc(N2CCN(c3nc(-c4cccs4)cs3)CC2)c2sccc2n1. The maximum Gasteiger partial charge on any atom is 0.376 e. The second-order valence-corrected chi connectivity index (χ2v) is 9.16. The summed E-state index contributed by atoms with van der Waals surface area (Å²) in [4.78, 5) is 31.4. The Morgan fingerprint density at radius 3 is 2.59 bits per heavy atom. The van der Waals surface area contributed by atoms with Gasteiger partial charge in [-0.25, -0.2) is 19.7 Å². The van der Waals surface area contributed by atoms with Gasteiger partial charge >= 0.3 is 5.97 Å². The number of anilines is 2. The molecular weight excluding hydrogens is 426 g/mol. The number of thiophene rings is 2. The number of methoxy groups -OCH3 is 1. The molecule has 1 fully saturated rings. The number of carbonyl (C=O) groups is 1. The maximum atomic E-state index is 12.0. The lowest BCUT2D eigenvalue weighted by atomic mass is 10.3. The van der Waals surface area contributed by atoms with Crippen LogP contribution in [0.15, 0.2) is 34.3 Å². The van der Waals surface area contributed by atoms with Crippen molar-refractivity contribution in [2.45, 2.75) is 0 Å².